The smallest absolute Gasteiger partial charge is 0.0725 e. The van der Waals surface area contributed by atoms with Gasteiger partial charge in [-0.1, -0.05) is 200 Å². The Bertz CT molecular complexity index is 4800. The molecule has 0 N–H and O–H groups in total. The Balaban J connectivity index is 0.919. The first-order valence-electron chi connectivity index (χ1n) is 30.9. The van der Waals surface area contributed by atoms with Gasteiger partial charge in [0.05, 0.1) is 10.8 Å². The van der Waals surface area contributed by atoms with Crippen molar-refractivity contribution in [1.29, 1.82) is 0 Å². The van der Waals surface area contributed by atoms with Crippen LogP contribution in [0.5, 0.6) is 0 Å². The standard InChI is InChI=1S/C82H60N2/c1-15-35-77-51(19-1)21-17-45-83(77)55-39-43-65-67(49-55)79(53-37-41-63-61-27-7-13-33-73(61)81(75(63)47-53)69-29-9-3-23-57(69)58-24-4-10-30-70(58)81)66-44-40-56(84-46-18-22-52-20-2-16-36-78(52)84)50-68(66)80(65)54-38-42-64-62-28-8-14-34-74(62)82(76(64)48-54)71-31-11-5-25-59(71)60-26-6-12-32-72(60)82/h1-5,7-16,19-20,23-25,27-37,39-41,43-44,47-50H,6,17-18,21-22,26,38,42,45-46H2. The first-order valence-corrected chi connectivity index (χ1v) is 30.9. The van der Waals surface area contributed by atoms with Crippen LogP contribution in [0.15, 0.2) is 254 Å². The first-order chi connectivity index (χ1) is 41.7. The second-order valence-electron chi connectivity index (χ2n) is 24.9. The van der Waals surface area contributed by atoms with Crippen molar-refractivity contribution in [2.45, 2.75) is 62.2 Å². The lowest BCUT2D eigenvalue weighted by molar-refractivity contribution is 0.767. The monoisotopic (exact) mass is 1070 g/mol. The van der Waals surface area contributed by atoms with Gasteiger partial charge in [0.2, 0.25) is 0 Å². The molecule has 2 heteroatoms. The van der Waals surface area contributed by atoms with Crippen molar-refractivity contribution in [3.8, 4) is 33.4 Å². The Morgan fingerprint density at radius 2 is 0.810 bits per heavy atom. The average molecular weight is 1070 g/mol. The SMILES string of the molecule is C1=CC2=C(CC1)c1ccccc1C21C2=C(CCC(c3c4cc(N5CCCc6ccccc65)ccc4c(-c4ccc5c(c4)C4(c6ccccc6-c6ccccc64)c4ccccc4-5)c4cc(N5CCCc6ccccc65)ccc34)=C2)c2ccccc21. The Labute approximate surface area is 491 Å². The van der Waals surface area contributed by atoms with Gasteiger partial charge in [0.25, 0.3) is 0 Å². The van der Waals surface area contributed by atoms with Gasteiger partial charge in [0.15, 0.2) is 0 Å². The van der Waals surface area contributed by atoms with Crippen LogP contribution in [-0.2, 0) is 23.7 Å². The largest absolute Gasteiger partial charge is 0.341 e. The van der Waals surface area contributed by atoms with Crippen molar-refractivity contribution in [2.75, 3.05) is 22.9 Å². The number of aryl methyl sites for hydroxylation is 2. The van der Waals surface area contributed by atoms with E-state index < -0.39 is 5.41 Å². The summed E-state index contributed by atoms with van der Waals surface area (Å²) in [6, 6.07) is 87.7. The number of benzene rings is 11. The summed E-state index contributed by atoms with van der Waals surface area (Å²) >= 11 is 0. The van der Waals surface area contributed by atoms with E-state index in [4.69, 9.17) is 0 Å². The quantitative estimate of drug-likeness (QED) is 0.162. The first kappa shape index (κ1) is 47.0. The van der Waals surface area contributed by atoms with E-state index >= 15 is 0 Å². The zero-order valence-corrected chi connectivity index (χ0v) is 47.1. The summed E-state index contributed by atoms with van der Waals surface area (Å²) in [6.07, 6.45) is 16.2. The molecule has 6 aliphatic carbocycles. The molecule has 0 amide bonds. The van der Waals surface area contributed by atoms with Gasteiger partial charge in [-0.2, -0.15) is 0 Å². The Morgan fingerprint density at radius 3 is 1.39 bits per heavy atom. The van der Waals surface area contributed by atoms with Crippen LogP contribution in [0.2, 0.25) is 0 Å². The molecular weight excluding hydrogens is 1010 g/mol. The number of nitrogens with zero attached hydrogens (tertiary/aromatic N) is 2. The Morgan fingerprint density at radius 1 is 0.333 bits per heavy atom. The van der Waals surface area contributed by atoms with Crippen molar-refractivity contribution in [3.63, 3.8) is 0 Å². The maximum absolute atomic E-state index is 2.73. The maximum Gasteiger partial charge on any atom is 0.0725 e. The van der Waals surface area contributed by atoms with Crippen LogP contribution in [0.4, 0.5) is 22.7 Å². The van der Waals surface area contributed by atoms with Crippen molar-refractivity contribution >= 4 is 61.0 Å². The number of rotatable bonds is 4. The summed E-state index contributed by atoms with van der Waals surface area (Å²) in [6.45, 7) is 1.97. The van der Waals surface area contributed by atoms with E-state index in [1.165, 1.54) is 167 Å². The minimum atomic E-state index is -0.465. The summed E-state index contributed by atoms with van der Waals surface area (Å²) in [7, 11) is 0. The predicted octanol–water partition coefficient (Wildman–Crippen LogP) is 20.2. The fourth-order valence-corrected chi connectivity index (χ4v) is 17.9. The average Bonchev–Trinajstić information content (AvgIpc) is 1.67. The van der Waals surface area contributed by atoms with Gasteiger partial charge in [-0.15, -0.1) is 0 Å². The number of hydrogen-bond acceptors (Lipinski definition) is 2. The number of allylic oxidation sites excluding steroid dienone is 8. The Kier molecular flexibility index (Phi) is 9.81. The zero-order valence-electron chi connectivity index (χ0n) is 47.1. The zero-order chi connectivity index (χ0) is 54.8. The highest BCUT2D eigenvalue weighted by Crippen LogP contribution is 2.66. The molecule has 1 unspecified atom stereocenters. The van der Waals surface area contributed by atoms with Gasteiger partial charge < -0.3 is 9.80 Å². The molecule has 1 atom stereocenters. The van der Waals surface area contributed by atoms with Gasteiger partial charge in [-0.3, -0.25) is 0 Å². The van der Waals surface area contributed by atoms with Crippen molar-refractivity contribution in [2.24, 2.45) is 0 Å². The molecule has 8 aliphatic rings. The molecule has 0 fully saturated rings. The number of para-hydroxylation sites is 2. The van der Waals surface area contributed by atoms with Crippen molar-refractivity contribution < 1.29 is 0 Å². The number of hydrogen-bond donors (Lipinski definition) is 0. The number of anilines is 4. The van der Waals surface area contributed by atoms with E-state index in [2.05, 4.69) is 252 Å². The fourth-order valence-electron chi connectivity index (χ4n) is 17.9. The molecule has 11 aromatic rings. The van der Waals surface area contributed by atoms with E-state index in [0.717, 1.165) is 64.5 Å². The van der Waals surface area contributed by atoms with Gasteiger partial charge >= 0.3 is 0 Å². The van der Waals surface area contributed by atoms with Crippen LogP contribution in [0.25, 0.3) is 71.6 Å². The van der Waals surface area contributed by atoms with Crippen molar-refractivity contribution in [1.82, 2.24) is 0 Å². The van der Waals surface area contributed by atoms with Crippen LogP contribution >= 0.6 is 0 Å². The van der Waals surface area contributed by atoms with Crippen LogP contribution in [0.3, 0.4) is 0 Å². The second kappa shape index (κ2) is 17.5. The lowest BCUT2D eigenvalue weighted by Gasteiger charge is -2.35. The molecular formula is C82H60N2. The highest BCUT2D eigenvalue weighted by Gasteiger charge is 2.54. The molecule has 0 saturated carbocycles. The topological polar surface area (TPSA) is 6.48 Å². The molecule has 19 rings (SSSR count). The summed E-state index contributed by atoms with van der Waals surface area (Å²) in [5.74, 6) is 0. The molecule has 0 aromatic heterocycles. The third-order valence-corrected chi connectivity index (χ3v) is 21.1. The van der Waals surface area contributed by atoms with E-state index in [9.17, 15) is 0 Å². The minimum Gasteiger partial charge on any atom is -0.341 e. The Hall–Kier alpha value is -9.50. The van der Waals surface area contributed by atoms with Crippen LogP contribution in [-0.4, -0.2) is 13.1 Å². The van der Waals surface area contributed by atoms with Gasteiger partial charge in [-0.05, 0) is 238 Å². The van der Waals surface area contributed by atoms with E-state index in [1.54, 1.807) is 0 Å². The maximum atomic E-state index is 2.73. The summed E-state index contributed by atoms with van der Waals surface area (Å²) in [5.41, 5.74) is 35.1. The third-order valence-electron chi connectivity index (χ3n) is 21.1. The lowest BCUT2D eigenvalue weighted by Crippen LogP contribution is -2.28. The summed E-state index contributed by atoms with van der Waals surface area (Å²) < 4.78 is 0. The normalized spacial score (nSPS) is 18.7. The van der Waals surface area contributed by atoms with E-state index in [-0.39, 0.29) is 5.41 Å². The van der Waals surface area contributed by atoms with Crippen molar-refractivity contribution in [3.05, 3.63) is 315 Å². The molecule has 2 heterocycles. The molecule has 0 radical (unpaired) electrons. The third kappa shape index (κ3) is 6.10. The van der Waals surface area contributed by atoms with Gasteiger partial charge in [0, 0.05) is 35.8 Å². The molecule has 2 spiro atoms. The predicted molar refractivity (Wildman–Crippen MR) is 350 cm³/mol. The number of fused-ring (bicyclic) bond motifs is 22. The molecule has 2 nitrogen and oxygen atoms in total. The van der Waals surface area contributed by atoms with E-state index in [0.29, 0.717) is 0 Å². The van der Waals surface area contributed by atoms with Gasteiger partial charge in [-0.25, -0.2) is 0 Å². The molecule has 0 saturated heterocycles. The molecule has 11 aromatic carbocycles. The highest BCUT2D eigenvalue weighted by molar-refractivity contribution is 6.21. The molecule has 2 aliphatic heterocycles. The lowest BCUT2D eigenvalue weighted by atomic mass is 9.67. The second-order valence-corrected chi connectivity index (χ2v) is 24.9. The van der Waals surface area contributed by atoms with Crippen LogP contribution in [0, 0.1) is 0 Å². The van der Waals surface area contributed by atoms with Crippen LogP contribution < -0.4 is 9.80 Å². The fraction of sp³-hybridized carbons (Fsp3) is 0.146. The molecule has 84 heavy (non-hydrogen) atoms. The van der Waals surface area contributed by atoms with E-state index in [1.807, 2.05) is 0 Å². The molecule has 398 valence electrons. The summed E-state index contributed by atoms with van der Waals surface area (Å²) in [5, 5.41) is 5.26. The highest BCUT2D eigenvalue weighted by atomic mass is 15.1. The van der Waals surface area contributed by atoms with Gasteiger partial charge in [0.1, 0.15) is 0 Å². The van der Waals surface area contributed by atoms with Crippen LogP contribution in [0.1, 0.15) is 99.7 Å². The molecule has 0 bridgehead atoms. The minimum absolute atomic E-state index is 0.376. The summed E-state index contributed by atoms with van der Waals surface area (Å²) in [4.78, 5) is 5.23.